The van der Waals surface area contributed by atoms with Crippen LogP contribution in [0.3, 0.4) is 0 Å². The molecule has 7 heteroatoms. The van der Waals surface area contributed by atoms with Crippen molar-refractivity contribution in [2.24, 2.45) is 11.7 Å². The molecule has 4 amide bonds. The zero-order valence-electron chi connectivity index (χ0n) is 29.4. The molecule has 0 heterocycles. The van der Waals surface area contributed by atoms with Crippen LogP contribution >= 0.6 is 0 Å². The van der Waals surface area contributed by atoms with E-state index in [9.17, 15) is 14.4 Å². The number of amides is 4. The highest BCUT2D eigenvalue weighted by Crippen LogP contribution is 2.15. The Balaban J connectivity index is 3.66. The van der Waals surface area contributed by atoms with Gasteiger partial charge < -0.3 is 0 Å². The van der Waals surface area contributed by atoms with Gasteiger partial charge in [0.15, 0.2) is 0 Å². The van der Waals surface area contributed by atoms with E-state index in [4.69, 9.17) is 11.7 Å². The number of nitrogens with zero attached hydrogens (tertiary/aromatic N) is 2. The smallest absolute Gasteiger partial charge is 0.273 e. The Morgan fingerprint density at radius 3 is 0.727 bits per heavy atom. The molecule has 0 bridgehead atoms. The maximum Gasteiger partial charge on any atom is 0.362 e. The highest BCUT2D eigenvalue weighted by atomic mass is 16.2. The van der Waals surface area contributed by atoms with Gasteiger partial charge in [0.2, 0.25) is 11.8 Å². The van der Waals surface area contributed by atoms with Crippen LogP contribution in [0, 0.1) is 0 Å². The van der Waals surface area contributed by atoms with Gasteiger partial charge in [0.25, 0.3) is 0 Å². The Bertz CT molecular complexity index is 619. The third-order valence-corrected chi connectivity index (χ3v) is 8.94. The number of urea groups is 1. The number of imide groups is 2. The van der Waals surface area contributed by atoms with Crippen molar-refractivity contribution in [2.75, 3.05) is 0 Å². The number of hydrazine groups is 2. The minimum absolute atomic E-state index is 0.196. The Kier molecular flexibility index (Phi) is 31.8. The molecule has 0 aromatic heterocycles. The molecule has 0 atom stereocenters. The van der Waals surface area contributed by atoms with Crippen LogP contribution < -0.4 is 11.7 Å². The normalized spacial score (nSPS) is 11.2. The van der Waals surface area contributed by atoms with Gasteiger partial charge >= 0.3 is 6.03 Å². The first-order valence-corrected chi connectivity index (χ1v) is 19.1. The second kappa shape index (κ2) is 32.9. The van der Waals surface area contributed by atoms with E-state index in [-0.39, 0.29) is 12.8 Å². The maximum atomic E-state index is 12.4. The van der Waals surface area contributed by atoms with Crippen LogP contribution in [0.2, 0.25) is 0 Å². The molecule has 0 aliphatic rings. The third-order valence-electron chi connectivity index (χ3n) is 8.94. The van der Waals surface area contributed by atoms with Crippen LogP contribution in [-0.2, 0) is 9.59 Å². The number of nitrogens with two attached hydrogens (primary N) is 2. The molecule has 44 heavy (non-hydrogen) atoms. The quantitative estimate of drug-likeness (QED) is 0.0335. The minimum Gasteiger partial charge on any atom is -0.273 e. The molecule has 0 aromatic rings. The van der Waals surface area contributed by atoms with Crippen LogP contribution in [0.15, 0.2) is 0 Å². The molecular weight excluding hydrogens is 548 g/mol. The lowest BCUT2D eigenvalue weighted by Crippen LogP contribution is -2.54. The van der Waals surface area contributed by atoms with E-state index in [1.54, 1.807) is 0 Å². The molecule has 0 saturated heterocycles. The van der Waals surface area contributed by atoms with Gasteiger partial charge in [-0.25, -0.2) is 16.5 Å². The predicted octanol–water partition coefficient (Wildman–Crippen LogP) is 11.0. The fourth-order valence-electron chi connectivity index (χ4n) is 5.87. The minimum atomic E-state index is -0.943. The molecule has 0 aliphatic carbocycles. The van der Waals surface area contributed by atoms with Gasteiger partial charge in [0.1, 0.15) is 0 Å². The lowest BCUT2D eigenvalue weighted by atomic mass is 10.0. The Labute approximate surface area is 273 Å². The second-order valence-corrected chi connectivity index (χ2v) is 13.2. The summed E-state index contributed by atoms with van der Waals surface area (Å²) >= 11 is 0. The molecule has 7 nitrogen and oxygen atoms in total. The van der Waals surface area contributed by atoms with Crippen LogP contribution in [0.1, 0.15) is 219 Å². The molecular formula is C37H74N4O3. The van der Waals surface area contributed by atoms with Crippen molar-refractivity contribution in [3.05, 3.63) is 0 Å². The Hall–Kier alpha value is -1.47. The van der Waals surface area contributed by atoms with Crippen molar-refractivity contribution in [3.63, 3.8) is 0 Å². The molecule has 0 rings (SSSR count). The maximum absolute atomic E-state index is 12.4. The van der Waals surface area contributed by atoms with E-state index in [1.165, 1.54) is 154 Å². The number of unbranched alkanes of at least 4 members (excludes halogenated alkanes) is 28. The SMILES string of the molecule is CCCCCCCCCCCCCCCCCC(=O)N(N)C(=O)N(N)C(=O)CCCCCCCCCCCCCCCCC. The molecule has 0 aromatic carbocycles. The summed E-state index contributed by atoms with van der Waals surface area (Å²) in [5, 5.41) is 1.02. The zero-order chi connectivity index (χ0) is 32.5. The molecule has 0 fully saturated rings. The fraction of sp³-hybridized carbons (Fsp3) is 0.919. The summed E-state index contributed by atoms with van der Waals surface area (Å²) in [6, 6.07) is -0.943. The van der Waals surface area contributed by atoms with Crippen molar-refractivity contribution in [1.29, 1.82) is 0 Å². The number of carbonyl (C=O) groups is 3. The highest BCUT2D eigenvalue weighted by Gasteiger charge is 2.25. The van der Waals surface area contributed by atoms with Crippen molar-refractivity contribution in [3.8, 4) is 0 Å². The van der Waals surface area contributed by atoms with Crippen molar-refractivity contribution >= 4 is 17.8 Å². The number of rotatable bonds is 32. The lowest BCUT2D eigenvalue weighted by molar-refractivity contribution is -0.132. The highest BCUT2D eigenvalue weighted by molar-refractivity contribution is 6.01. The molecule has 0 spiro atoms. The Morgan fingerprint density at radius 2 is 0.523 bits per heavy atom. The van der Waals surface area contributed by atoms with Gasteiger partial charge in [-0.3, -0.25) is 9.59 Å². The number of carbonyl (C=O) groups excluding carboxylic acids is 3. The largest absolute Gasteiger partial charge is 0.362 e. The van der Waals surface area contributed by atoms with E-state index >= 15 is 0 Å². The van der Waals surface area contributed by atoms with Crippen molar-refractivity contribution in [2.45, 2.75) is 219 Å². The first-order valence-electron chi connectivity index (χ1n) is 19.1. The van der Waals surface area contributed by atoms with Crippen LogP contribution in [0.5, 0.6) is 0 Å². The van der Waals surface area contributed by atoms with Crippen molar-refractivity contribution < 1.29 is 14.4 Å². The Morgan fingerprint density at radius 1 is 0.341 bits per heavy atom. The fourth-order valence-corrected chi connectivity index (χ4v) is 5.87. The summed E-state index contributed by atoms with van der Waals surface area (Å²) in [6.07, 6.45) is 37.9. The molecule has 4 N–H and O–H groups in total. The van der Waals surface area contributed by atoms with Crippen LogP contribution in [-0.4, -0.2) is 27.9 Å². The predicted molar refractivity (Wildman–Crippen MR) is 187 cm³/mol. The summed E-state index contributed by atoms with van der Waals surface area (Å²) in [5.41, 5.74) is 0. The van der Waals surface area contributed by atoms with Crippen LogP contribution in [0.25, 0.3) is 0 Å². The zero-order valence-corrected chi connectivity index (χ0v) is 29.4. The summed E-state index contributed by atoms with van der Waals surface area (Å²) < 4.78 is 0. The topological polar surface area (TPSA) is 110 Å². The van der Waals surface area contributed by atoms with E-state index < -0.39 is 17.8 Å². The van der Waals surface area contributed by atoms with E-state index in [1.807, 2.05) is 0 Å². The van der Waals surface area contributed by atoms with E-state index in [2.05, 4.69) is 13.8 Å². The molecule has 0 aliphatic heterocycles. The average Bonchev–Trinajstić information content (AvgIpc) is 3.03. The van der Waals surface area contributed by atoms with Gasteiger partial charge in [-0.15, -0.1) is 0 Å². The van der Waals surface area contributed by atoms with Gasteiger partial charge in [0.05, 0.1) is 0 Å². The molecule has 260 valence electrons. The van der Waals surface area contributed by atoms with Gasteiger partial charge in [0, 0.05) is 12.8 Å². The second-order valence-electron chi connectivity index (χ2n) is 13.2. The van der Waals surface area contributed by atoms with Crippen molar-refractivity contribution in [1.82, 2.24) is 10.0 Å². The third kappa shape index (κ3) is 26.9. The molecule has 0 radical (unpaired) electrons. The molecule has 0 saturated carbocycles. The van der Waals surface area contributed by atoms with Gasteiger partial charge in [-0.1, -0.05) is 194 Å². The number of hydrogen-bond acceptors (Lipinski definition) is 5. The van der Waals surface area contributed by atoms with Crippen LogP contribution in [0.4, 0.5) is 4.79 Å². The summed E-state index contributed by atoms with van der Waals surface area (Å²) in [6.45, 7) is 4.52. The summed E-state index contributed by atoms with van der Waals surface area (Å²) in [5.74, 6) is 10.4. The standard InChI is InChI=1S/C37H74N4O3/c1-3-5-7-9-11-13-15-17-19-21-23-25-27-29-31-33-35(42)40(38)37(44)41(39)36(43)34-32-30-28-26-24-22-20-18-16-14-12-10-8-6-4-2/h3-34,38-39H2,1-2H3. The van der Waals surface area contributed by atoms with E-state index in [0.29, 0.717) is 22.9 Å². The summed E-state index contributed by atoms with van der Waals surface area (Å²) in [7, 11) is 0. The van der Waals surface area contributed by atoms with E-state index in [0.717, 1.165) is 25.7 Å². The molecule has 0 unspecified atom stereocenters. The average molecular weight is 623 g/mol. The first-order chi connectivity index (χ1) is 21.5. The summed E-state index contributed by atoms with van der Waals surface area (Å²) in [4.78, 5) is 37.1. The van der Waals surface area contributed by atoms with Gasteiger partial charge in [-0.2, -0.15) is 10.0 Å². The lowest BCUT2D eigenvalue weighted by Gasteiger charge is -2.21. The number of hydrogen-bond donors (Lipinski definition) is 2. The monoisotopic (exact) mass is 623 g/mol. The van der Waals surface area contributed by atoms with Gasteiger partial charge in [-0.05, 0) is 12.8 Å². The first kappa shape index (κ1) is 42.5.